The van der Waals surface area contributed by atoms with Gasteiger partial charge in [-0.05, 0) is 31.0 Å². The molecule has 8 nitrogen and oxygen atoms in total. The molecule has 2 aromatic heterocycles. The van der Waals surface area contributed by atoms with Crippen molar-refractivity contribution in [1.82, 2.24) is 19.7 Å². The molecule has 0 unspecified atom stereocenters. The lowest BCUT2D eigenvalue weighted by atomic mass is 9.95. The van der Waals surface area contributed by atoms with Crippen LogP contribution < -0.4 is 10.9 Å². The van der Waals surface area contributed by atoms with E-state index in [1.165, 1.54) is 10.9 Å². The number of hydrogen-bond acceptors (Lipinski definition) is 5. The van der Waals surface area contributed by atoms with E-state index in [0.29, 0.717) is 53.2 Å². The van der Waals surface area contributed by atoms with E-state index in [1.807, 2.05) is 12.1 Å². The number of aromatic nitrogens is 3. The summed E-state index contributed by atoms with van der Waals surface area (Å²) in [4.78, 5) is 43.5. The van der Waals surface area contributed by atoms with Crippen molar-refractivity contribution in [2.75, 3.05) is 18.4 Å². The Kier molecular flexibility index (Phi) is 5.99. The molecule has 2 amide bonds. The number of fused-ring (bicyclic) bond motifs is 1. The minimum atomic E-state index is -0.186. The molecule has 0 bridgehead atoms. The number of nitrogens with one attached hydrogen (secondary N) is 1. The monoisotopic (exact) mass is 439 g/mol. The fourth-order valence-electron chi connectivity index (χ4n) is 3.83. The maximum Gasteiger partial charge on any atom is 0.274 e. The van der Waals surface area contributed by atoms with Gasteiger partial charge in [0, 0.05) is 37.6 Å². The molecule has 1 aromatic carbocycles. The van der Waals surface area contributed by atoms with Crippen molar-refractivity contribution in [3.05, 3.63) is 63.7 Å². The number of hydrogen-bond donors (Lipinski definition) is 1. The third kappa shape index (κ3) is 4.59. The molecule has 1 saturated heterocycles. The molecule has 31 heavy (non-hydrogen) atoms. The summed E-state index contributed by atoms with van der Waals surface area (Å²) in [7, 11) is 1.59. The fraction of sp³-hybridized carbons (Fsp3) is 0.318. The zero-order valence-corrected chi connectivity index (χ0v) is 17.8. The van der Waals surface area contributed by atoms with Crippen LogP contribution >= 0.6 is 11.6 Å². The number of piperidine rings is 1. The Hall–Kier alpha value is -3.26. The average Bonchev–Trinajstić information content (AvgIpc) is 2.79. The summed E-state index contributed by atoms with van der Waals surface area (Å²) in [5.74, 6) is 0.112. The van der Waals surface area contributed by atoms with Gasteiger partial charge in [-0.2, -0.15) is 5.10 Å². The van der Waals surface area contributed by atoms with E-state index in [-0.39, 0.29) is 29.7 Å². The van der Waals surface area contributed by atoms with Gasteiger partial charge in [-0.15, -0.1) is 0 Å². The minimum Gasteiger partial charge on any atom is -0.342 e. The highest BCUT2D eigenvalue weighted by atomic mass is 35.5. The SMILES string of the molecule is Cn1nc(CC(=O)N2CCC(C(=O)Nc3ccc(Cl)cn3)CC2)c2ccccc2c1=O. The molecule has 9 heteroatoms. The lowest BCUT2D eigenvalue weighted by molar-refractivity contribution is -0.133. The lowest BCUT2D eigenvalue weighted by Gasteiger charge is -2.31. The van der Waals surface area contributed by atoms with Crippen LogP contribution in [0.2, 0.25) is 5.02 Å². The molecule has 3 aromatic rings. The number of nitrogens with zero attached hydrogens (tertiary/aromatic N) is 4. The van der Waals surface area contributed by atoms with Gasteiger partial charge in [-0.25, -0.2) is 9.67 Å². The van der Waals surface area contributed by atoms with Gasteiger partial charge < -0.3 is 10.2 Å². The predicted octanol–water partition coefficient (Wildman–Crippen LogP) is 2.40. The van der Waals surface area contributed by atoms with Gasteiger partial charge in [-0.3, -0.25) is 14.4 Å². The molecule has 1 fully saturated rings. The van der Waals surface area contributed by atoms with Crippen LogP contribution in [0, 0.1) is 5.92 Å². The summed E-state index contributed by atoms with van der Waals surface area (Å²) >= 11 is 5.82. The highest BCUT2D eigenvalue weighted by molar-refractivity contribution is 6.30. The number of rotatable bonds is 4. The van der Waals surface area contributed by atoms with E-state index < -0.39 is 0 Å². The van der Waals surface area contributed by atoms with E-state index in [1.54, 1.807) is 36.2 Å². The van der Waals surface area contributed by atoms with Crippen molar-refractivity contribution >= 4 is 40.0 Å². The maximum absolute atomic E-state index is 12.9. The van der Waals surface area contributed by atoms with Gasteiger partial charge >= 0.3 is 0 Å². The summed E-state index contributed by atoms with van der Waals surface area (Å²) in [5, 5.41) is 8.86. The van der Waals surface area contributed by atoms with Crippen molar-refractivity contribution in [1.29, 1.82) is 0 Å². The Balaban J connectivity index is 1.38. The smallest absolute Gasteiger partial charge is 0.274 e. The van der Waals surface area contributed by atoms with E-state index >= 15 is 0 Å². The second kappa shape index (κ2) is 8.85. The normalized spacial score (nSPS) is 14.6. The summed E-state index contributed by atoms with van der Waals surface area (Å²) in [6.07, 6.45) is 2.75. The van der Waals surface area contributed by atoms with Crippen LogP contribution in [0.4, 0.5) is 5.82 Å². The van der Waals surface area contributed by atoms with Crippen LogP contribution in [0.3, 0.4) is 0 Å². The second-order valence-corrected chi connectivity index (χ2v) is 8.04. The number of carbonyl (C=O) groups excluding carboxylic acids is 2. The van der Waals surface area contributed by atoms with E-state index in [4.69, 9.17) is 11.6 Å². The molecule has 1 aliphatic heterocycles. The number of pyridine rings is 1. The average molecular weight is 440 g/mol. The summed E-state index contributed by atoms with van der Waals surface area (Å²) in [6, 6.07) is 10.5. The minimum absolute atomic E-state index is 0.0606. The molecule has 3 heterocycles. The zero-order chi connectivity index (χ0) is 22.0. The molecule has 4 rings (SSSR count). The molecular formula is C22H22ClN5O3. The molecule has 1 N–H and O–H groups in total. The van der Waals surface area contributed by atoms with Crippen LogP contribution in [0.5, 0.6) is 0 Å². The molecule has 0 radical (unpaired) electrons. The number of carbonyl (C=O) groups is 2. The Labute approximate surface area is 183 Å². The van der Waals surface area contributed by atoms with Crippen LogP contribution in [0.1, 0.15) is 18.5 Å². The van der Waals surface area contributed by atoms with Crippen molar-refractivity contribution in [3.8, 4) is 0 Å². The molecule has 0 aliphatic carbocycles. The van der Waals surface area contributed by atoms with Gasteiger partial charge in [0.15, 0.2) is 0 Å². The molecule has 160 valence electrons. The third-order valence-corrected chi connectivity index (χ3v) is 5.77. The number of aryl methyl sites for hydroxylation is 1. The number of anilines is 1. The lowest BCUT2D eigenvalue weighted by Crippen LogP contribution is -2.42. The zero-order valence-electron chi connectivity index (χ0n) is 17.0. The molecule has 0 spiro atoms. The predicted molar refractivity (Wildman–Crippen MR) is 118 cm³/mol. The largest absolute Gasteiger partial charge is 0.342 e. The van der Waals surface area contributed by atoms with Crippen LogP contribution in [-0.4, -0.2) is 44.6 Å². The highest BCUT2D eigenvalue weighted by Gasteiger charge is 2.28. The van der Waals surface area contributed by atoms with Crippen molar-refractivity contribution in [2.24, 2.45) is 13.0 Å². The van der Waals surface area contributed by atoms with Crippen molar-refractivity contribution < 1.29 is 9.59 Å². The maximum atomic E-state index is 12.9. The fourth-order valence-corrected chi connectivity index (χ4v) is 3.94. The van der Waals surface area contributed by atoms with Gasteiger partial charge in [0.25, 0.3) is 5.56 Å². The Morgan fingerprint density at radius 3 is 2.52 bits per heavy atom. The van der Waals surface area contributed by atoms with E-state index in [2.05, 4.69) is 15.4 Å². The van der Waals surface area contributed by atoms with Gasteiger partial charge in [-0.1, -0.05) is 29.8 Å². The Bertz CT molecular complexity index is 1180. The van der Waals surface area contributed by atoms with Crippen molar-refractivity contribution in [2.45, 2.75) is 19.3 Å². The molecule has 1 aliphatic rings. The first-order valence-corrected chi connectivity index (χ1v) is 10.5. The number of benzene rings is 1. The highest BCUT2D eigenvalue weighted by Crippen LogP contribution is 2.21. The van der Waals surface area contributed by atoms with Crippen LogP contribution in [-0.2, 0) is 23.1 Å². The first-order chi connectivity index (χ1) is 14.9. The molecular weight excluding hydrogens is 418 g/mol. The van der Waals surface area contributed by atoms with Gasteiger partial charge in [0.1, 0.15) is 5.82 Å². The van der Waals surface area contributed by atoms with E-state index in [9.17, 15) is 14.4 Å². The molecule has 0 saturated carbocycles. The number of likely N-dealkylation sites (tertiary alicyclic amines) is 1. The summed E-state index contributed by atoms with van der Waals surface area (Å²) < 4.78 is 1.27. The number of halogens is 1. The Morgan fingerprint density at radius 1 is 1.13 bits per heavy atom. The standard InChI is InChI=1S/C22H22ClN5O3/c1-27-22(31)17-5-3-2-4-16(17)18(26-27)12-20(29)28-10-8-14(9-11-28)21(30)25-19-7-6-15(23)13-24-19/h2-7,13-14H,8-12H2,1H3,(H,24,25,30). The first kappa shape index (κ1) is 21.0. The van der Waals surface area contributed by atoms with Crippen LogP contribution in [0.25, 0.3) is 10.8 Å². The van der Waals surface area contributed by atoms with E-state index in [0.717, 1.165) is 0 Å². The van der Waals surface area contributed by atoms with Gasteiger partial charge in [0.2, 0.25) is 11.8 Å². The quantitative estimate of drug-likeness (QED) is 0.673. The summed E-state index contributed by atoms with van der Waals surface area (Å²) in [5.41, 5.74) is 0.394. The second-order valence-electron chi connectivity index (χ2n) is 7.60. The van der Waals surface area contributed by atoms with Gasteiger partial charge in [0.05, 0.1) is 22.5 Å². The van der Waals surface area contributed by atoms with Crippen molar-refractivity contribution in [3.63, 3.8) is 0 Å². The topological polar surface area (TPSA) is 97.2 Å². The number of amides is 2. The van der Waals surface area contributed by atoms with Crippen LogP contribution in [0.15, 0.2) is 47.4 Å². The first-order valence-electron chi connectivity index (χ1n) is 10.1. The Morgan fingerprint density at radius 2 is 1.84 bits per heavy atom. The summed E-state index contributed by atoms with van der Waals surface area (Å²) in [6.45, 7) is 0.989. The molecule has 0 atom stereocenters. The third-order valence-electron chi connectivity index (χ3n) is 5.55.